The van der Waals surface area contributed by atoms with Crippen LogP contribution in [0.2, 0.25) is 0 Å². The second kappa shape index (κ2) is 4.41. The van der Waals surface area contributed by atoms with E-state index in [1.807, 2.05) is 48.6 Å². The molecule has 1 aliphatic rings. The molecule has 7 heteroatoms. The van der Waals surface area contributed by atoms with Crippen LogP contribution in [-0.4, -0.2) is 30.4 Å². The van der Waals surface area contributed by atoms with Gasteiger partial charge in [-0.25, -0.2) is 0 Å². The van der Waals surface area contributed by atoms with E-state index < -0.39 is 0 Å². The number of H-pyrrole nitrogens is 2. The molecule has 7 nitrogen and oxygen atoms in total. The standard InChI is InChI=1S/C14H10N6O/c21-13-11-7-10(6-9-4-2-1-3-5-9)8-12(11)17-20(13)14-15-18-19-16-14/h1-8,17H,(H,15,16,18,19)/b10-6+. The van der Waals surface area contributed by atoms with Gasteiger partial charge in [-0.15, -0.1) is 5.10 Å². The van der Waals surface area contributed by atoms with E-state index in [1.165, 1.54) is 4.68 Å². The molecule has 0 radical (unpaired) electrons. The highest BCUT2D eigenvalue weighted by Crippen LogP contribution is 2.09. The molecule has 2 N–H and O–H groups in total. The van der Waals surface area contributed by atoms with Gasteiger partial charge in [0.1, 0.15) is 0 Å². The first kappa shape index (κ1) is 11.6. The molecular formula is C14H10N6O. The molecule has 0 saturated carbocycles. The predicted octanol–water partition coefficient (Wildman–Crippen LogP) is -0.663. The van der Waals surface area contributed by atoms with Gasteiger partial charge in [-0.1, -0.05) is 35.4 Å². The van der Waals surface area contributed by atoms with Gasteiger partial charge in [-0.05, 0) is 34.6 Å². The molecule has 0 atom stereocenters. The summed E-state index contributed by atoms with van der Waals surface area (Å²) in [5, 5.41) is 17.7. The molecule has 0 aliphatic heterocycles. The fourth-order valence-corrected chi connectivity index (χ4v) is 2.31. The Bertz CT molecular complexity index is 992. The lowest BCUT2D eigenvalue weighted by atomic mass is 10.1. The van der Waals surface area contributed by atoms with Gasteiger partial charge in [0.25, 0.3) is 11.5 Å². The van der Waals surface area contributed by atoms with E-state index in [9.17, 15) is 4.79 Å². The Morgan fingerprint density at radius 1 is 1.14 bits per heavy atom. The Labute approximate surface area is 117 Å². The van der Waals surface area contributed by atoms with E-state index in [-0.39, 0.29) is 11.5 Å². The van der Waals surface area contributed by atoms with Crippen molar-refractivity contribution < 1.29 is 0 Å². The van der Waals surface area contributed by atoms with E-state index in [0.29, 0.717) is 5.22 Å². The minimum Gasteiger partial charge on any atom is -0.288 e. The fourth-order valence-electron chi connectivity index (χ4n) is 2.31. The van der Waals surface area contributed by atoms with Gasteiger partial charge in [0.2, 0.25) is 0 Å². The maximum absolute atomic E-state index is 12.3. The van der Waals surface area contributed by atoms with Crippen molar-refractivity contribution in [1.29, 1.82) is 0 Å². The van der Waals surface area contributed by atoms with Crippen LogP contribution in [0.5, 0.6) is 0 Å². The number of benzene rings is 1. The number of allylic oxidation sites excluding steroid dienone is 1. The lowest BCUT2D eigenvalue weighted by Crippen LogP contribution is -2.32. The van der Waals surface area contributed by atoms with Gasteiger partial charge < -0.3 is 0 Å². The zero-order chi connectivity index (χ0) is 14.2. The Hall–Kier alpha value is -3.22. The van der Waals surface area contributed by atoms with Crippen molar-refractivity contribution in [2.24, 2.45) is 0 Å². The topological polar surface area (TPSA) is 92.2 Å². The summed E-state index contributed by atoms with van der Waals surface area (Å²) in [6.45, 7) is 0. The van der Waals surface area contributed by atoms with Gasteiger partial charge >= 0.3 is 0 Å². The summed E-state index contributed by atoms with van der Waals surface area (Å²) in [6.07, 6.45) is 5.78. The third-order valence-electron chi connectivity index (χ3n) is 3.25. The molecule has 21 heavy (non-hydrogen) atoms. The van der Waals surface area contributed by atoms with E-state index in [0.717, 1.165) is 16.5 Å². The van der Waals surface area contributed by atoms with Crippen molar-refractivity contribution >= 4 is 18.2 Å². The third-order valence-corrected chi connectivity index (χ3v) is 3.25. The molecule has 0 spiro atoms. The molecule has 1 aliphatic carbocycles. The highest BCUT2D eigenvalue weighted by atomic mass is 16.1. The van der Waals surface area contributed by atoms with Crippen molar-refractivity contribution in [3.8, 4) is 5.95 Å². The molecule has 1 aromatic carbocycles. The fraction of sp³-hybridized carbons (Fsp3) is 0. The average Bonchev–Trinajstić information content (AvgIpc) is 3.19. The van der Waals surface area contributed by atoms with Crippen LogP contribution >= 0.6 is 0 Å². The summed E-state index contributed by atoms with van der Waals surface area (Å²) in [7, 11) is 0. The van der Waals surface area contributed by atoms with Crippen molar-refractivity contribution in [1.82, 2.24) is 30.4 Å². The summed E-state index contributed by atoms with van der Waals surface area (Å²) in [6, 6.07) is 9.95. The van der Waals surface area contributed by atoms with Crippen LogP contribution in [0.25, 0.3) is 24.2 Å². The molecular weight excluding hydrogens is 268 g/mol. The van der Waals surface area contributed by atoms with Crippen LogP contribution in [0, 0.1) is 0 Å². The summed E-state index contributed by atoms with van der Waals surface area (Å²) in [5.74, 6) is 0.199. The number of nitrogens with one attached hydrogen (secondary N) is 2. The molecule has 3 aromatic rings. The summed E-state index contributed by atoms with van der Waals surface area (Å²) in [4.78, 5) is 12.3. The molecule has 2 heterocycles. The van der Waals surface area contributed by atoms with Gasteiger partial charge in [-0.3, -0.25) is 9.89 Å². The average molecular weight is 278 g/mol. The van der Waals surface area contributed by atoms with Crippen LogP contribution in [0.15, 0.2) is 40.7 Å². The zero-order valence-corrected chi connectivity index (χ0v) is 10.8. The first-order chi connectivity index (χ1) is 10.3. The van der Waals surface area contributed by atoms with Crippen LogP contribution in [0.1, 0.15) is 5.56 Å². The van der Waals surface area contributed by atoms with Crippen LogP contribution < -0.4 is 16.1 Å². The van der Waals surface area contributed by atoms with Crippen LogP contribution in [0.4, 0.5) is 0 Å². The first-order valence-corrected chi connectivity index (χ1v) is 6.36. The van der Waals surface area contributed by atoms with Crippen molar-refractivity contribution in [2.45, 2.75) is 0 Å². The Morgan fingerprint density at radius 3 is 2.71 bits per heavy atom. The lowest BCUT2D eigenvalue weighted by molar-refractivity contribution is 0.778. The lowest BCUT2D eigenvalue weighted by Gasteiger charge is -1.94. The van der Waals surface area contributed by atoms with E-state index >= 15 is 0 Å². The highest BCUT2D eigenvalue weighted by Gasteiger charge is 2.12. The summed E-state index contributed by atoms with van der Waals surface area (Å²) in [5.41, 5.74) is 1.86. The van der Waals surface area contributed by atoms with Crippen molar-refractivity contribution in [3.63, 3.8) is 0 Å². The number of tetrazole rings is 1. The van der Waals surface area contributed by atoms with Gasteiger partial charge in [0.05, 0.1) is 10.6 Å². The number of fused-ring (bicyclic) bond motifs is 1. The second-order valence-electron chi connectivity index (χ2n) is 4.64. The number of aromatic nitrogens is 6. The van der Waals surface area contributed by atoms with Gasteiger partial charge in [0.15, 0.2) is 0 Å². The minimum atomic E-state index is -0.195. The largest absolute Gasteiger partial charge is 0.291 e. The number of nitrogens with zero attached hydrogens (tertiary/aromatic N) is 4. The van der Waals surface area contributed by atoms with E-state index in [2.05, 4.69) is 25.7 Å². The Morgan fingerprint density at radius 2 is 2.00 bits per heavy atom. The monoisotopic (exact) mass is 278 g/mol. The molecule has 0 bridgehead atoms. The molecule has 0 saturated heterocycles. The zero-order valence-electron chi connectivity index (χ0n) is 10.8. The SMILES string of the molecule is O=c1c2c([nH]n1-c1nn[nH]n1)=C/C(=C/c1ccccc1)C=2. The second-order valence-corrected chi connectivity index (χ2v) is 4.64. The molecule has 0 amide bonds. The Balaban J connectivity index is 1.82. The van der Waals surface area contributed by atoms with Crippen LogP contribution in [-0.2, 0) is 0 Å². The maximum Gasteiger partial charge on any atom is 0.291 e. The smallest absolute Gasteiger partial charge is 0.288 e. The number of aromatic amines is 2. The van der Waals surface area contributed by atoms with E-state index in [1.54, 1.807) is 0 Å². The Kier molecular flexibility index (Phi) is 2.43. The van der Waals surface area contributed by atoms with Gasteiger partial charge in [-0.2, -0.15) is 9.90 Å². The van der Waals surface area contributed by atoms with Crippen molar-refractivity contribution in [2.75, 3.05) is 0 Å². The molecule has 0 fully saturated rings. The molecule has 102 valence electrons. The normalized spacial score (nSPS) is 14.8. The number of hydrogen-bond acceptors (Lipinski definition) is 4. The van der Waals surface area contributed by atoms with Gasteiger partial charge in [0, 0.05) is 0 Å². The quantitative estimate of drug-likeness (QED) is 0.650. The summed E-state index contributed by atoms with van der Waals surface area (Å²) >= 11 is 0. The van der Waals surface area contributed by atoms with Crippen LogP contribution in [0.3, 0.4) is 0 Å². The van der Waals surface area contributed by atoms with E-state index in [4.69, 9.17) is 0 Å². The predicted molar refractivity (Wildman–Crippen MR) is 76.7 cm³/mol. The summed E-state index contributed by atoms with van der Waals surface area (Å²) < 4.78 is 1.26. The molecule has 2 aromatic heterocycles. The minimum absolute atomic E-state index is 0.195. The third kappa shape index (κ3) is 1.91. The number of hydrogen-bond donors (Lipinski definition) is 2. The number of rotatable bonds is 2. The highest BCUT2D eigenvalue weighted by molar-refractivity contribution is 5.80. The molecule has 4 rings (SSSR count). The molecule has 0 unspecified atom stereocenters. The van der Waals surface area contributed by atoms with Crippen molar-refractivity contribution in [3.05, 3.63) is 62.4 Å². The first-order valence-electron chi connectivity index (χ1n) is 6.36. The maximum atomic E-state index is 12.3.